The number of ether oxygens (including phenoxy) is 1. The predicted octanol–water partition coefficient (Wildman–Crippen LogP) is 2.73. The Labute approximate surface area is 167 Å². The molecule has 2 amide bonds. The second-order valence-electron chi connectivity index (χ2n) is 6.78. The van der Waals surface area contributed by atoms with Crippen molar-refractivity contribution in [1.29, 1.82) is 0 Å². The minimum Gasteiger partial charge on any atom is -0.497 e. The van der Waals surface area contributed by atoms with E-state index >= 15 is 0 Å². The Balaban J connectivity index is 1.64. The van der Waals surface area contributed by atoms with E-state index in [-0.39, 0.29) is 11.8 Å². The van der Waals surface area contributed by atoms with Crippen LogP contribution in [0.1, 0.15) is 27.9 Å². The van der Waals surface area contributed by atoms with Crippen LogP contribution in [0.3, 0.4) is 0 Å². The van der Waals surface area contributed by atoms with Gasteiger partial charge in [-0.2, -0.15) is 5.10 Å². The van der Waals surface area contributed by atoms with Gasteiger partial charge in [-0.25, -0.2) is 0 Å². The highest BCUT2D eigenvalue weighted by Gasteiger charge is 2.22. The van der Waals surface area contributed by atoms with Gasteiger partial charge < -0.3 is 15.0 Å². The van der Waals surface area contributed by atoms with Crippen molar-refractivity contribution in [3.05, 3.63) is 46.5 Å². The van der Waals surface area contributed by atoms with Gasteiger partial charge in [0.2, 0.25) is 5.91 Å². The number of carbonyl (C=O) groups is 2. The summed E-state index contributed by atoms with van der Waals surface area (Å²) in [6.45, 7) is 4.04. The Morgan fingerprint density at radius 2 is 2.11 bits per heavy atom. The molecule has 0 aliphatic heterocycles. The number of aromatic nitrogens is 2. The summed E-state index contributed by atoms with van der Waals surface area (Å²) >= 11 is 1.37. The fraction of sp³-hybridized carbons (Fsp3) is 0.350. The van der Waals surface area contributed by atoms with Crippen LogP contribution in [-0.4, -0.2) is 46.7 Å². The number of amides is 2. The van der Waals surface area contributed by atoms with Gasteiger partial charge in [0.05, 0.1) is 17.7 Å². The summed E-state index contributed by atoms with van der Waals surface area (Å²) in [5.74, 6) is 0.334. The molecule has 0 spiro atoms. The molecular weight excluding hydrogens is 376 g/mol. The van der Waals surface area contributed by atoms with Gasteiger partial charge in [-0.3, -0.25) is 14.3 Å². The van der Waals surface area contributed by atoms with Crippen LogP contribution in [0.4, 0.5) is 0 Å². The number of benzene rings is 1. The molecule has 0 saturated carbocycles. The quantitative estimate of drug-likeness (QED) is 0.690. The second kappa shape index (κ2) is 8.02. The third-order valence-corrected chi connectivity index (χ3v) is 5.77. The van der Waals surface area contributed by atoms with Crippen LogP contribution < -0.4 is 10.1 Å². The van der Waals surface area contributed by atoms with Crippen molar-refractivity contribution in [3.8, 4) is 5.75 Å². The number of carbonyl (C=O) groups excluding carboxylic acids is 2. The molecule has 2 aromatic heterocycles. The van der Waals surface area contributed by atoms with Gasteiger partial charge in [0.25, 0.3) is 5.91 Å². The van der Waals surface area contributed by atoms with E-state index in [4.69, 9.17) is 4.74 Å². The Morgan fingerprint density at radius 3 is 2.79 bits per heavy atom. The molecular formula is C20H24N4O3S. The summed E-state index contributed by atoms with van der Waals surface area (Å²) < 4.78 is 6.98. The van der Waals surface area contributed by atoms with Gasteiger partial charge in [-0.05, 0) is 37.6 Å². The maximum Gasteiger partial charge on any atom is 0.262 e. The number of aryl methyl sites for hydroxylation is 2. The Morgan fingerprint density at radius 1 is 1.36 bits per heavy atom. The monoisotopic (exact) mass is 400 g/mol. The molecule has 148 valence electrons. The van der Waals surface area contributed by atoms with Crippen molar-refractivity contribution in [2.45, 2.75) is 26.4 Å². The van der Waals surface area contributed by atoms with Crippen molar-refractivity contribution in [1.82, 2.24) is 20.0 Å². The highest BCUT2D eigenvalue weighted by atomic mass is 32.1. The SMILES string of the molecule is COc1cccc(CN(C)C(=O)[C@H](C)NC(=O)c2cc3c(C)nn(C)c3s2)c1. The topological polar surface area (TPSA) is 76.5 Å². The van der Waals surface area contributed by atoms with Crippen LogP contribution in [0.5, 0.6) is 5.75 Å². The summed E-state index contributed by atoms with van der Waals surface area (Å²) in [5.41, 5.74) is 1.84. The number of rotatable bonds is 6. The van der Waals surface area contributed by atoms with Gasteiger partial charge in [-0.15, -0.1) is 11.3 Å². The van der Waals surface area contributed by atoms with E-state index in [1.807, 2.05) is 44.3 Å². The number of methoxy groups -OCH3 is 1. The Kier molecular flexibility index (Phi) is 5.69. The summed E-state index contributed by atoms with van der Waals surface area (Å²) in [7, 11) is 5.18. The summed E-state index contributed by atoms with van der Waals surface area (Å²) in [6, 6.07) is 8.76. The highest BCUT2D eigenvalue weighted by Crippen LogP contribution is 2.27. The van der Waals surface area contributed by atoms with Crippen molar-refractivity contribution in [3.63, 3.8) is 0 Å². The molecule has 0 bridgehead atoms. The molecule has 2 heterocycles. The van der Waals surface area contributed by atoms with E-state index in [0.717, 1.165) is 27.2 Å². The molecule has 28 heavy (non-hydrogen) atoms. The smallest absolute Gasteiger partial charge is 0.262 e. The van der Waals surface area contributed by atoms with E-state index in [9.17, 15) is 9.59 Å². The lowest BCUT2D eigenvalue weighted by Crippen LogP contribution is -2.45. The number of nitrogens with zero attached hydrogens (tertiary/aromatic N) is 3. The predicted molar refractivity (Wildman–Crippen MR) is 110 cm³/mol. The zero-order valence-corrected chi connectivity index (χ0v) is 17.5. The lowest BCUT2D eigenvalue weighted by Gasteiger charge is -2.22. The molecule has 1 atom stereocenters. The van der Waals surface area contributed by atoms with Gasteiger partial charge in [0.1, 0.15) is 16.6 Å². The zero-order valence-electron chi connectivity index (χ0n) is 16.6. The van der Waals surface area contributed by atoms with Crippen LogP contribution in [0.25, 0.3) is 10.2 Å². The van der Waals surface area contributed by atoms with Gasteiger partial charge in [0, 0.05) is 26.0 Å². The van der Waals surface area contributed by atoms with Crippen LogP contribution in [0.2, 0.25) is 0 Å². The Bertz CT molecular complexity index is 989. The van der Waals surface area contributed by atoms with Crippen molar-refractivity contribution < 1.29 is 14.3 Å². The minimum atomic E-state index is -0.632. The largest absolute Gasteiger partial charge is 0.497 e. The average molecular weight is 401 g/mol. The fourth-order valence-corrected chi connectivity index (χ4v) is 4.13. The standard InChI is InChI=1S/C20H24N4O3S/c1-12-16-10-17(28-20(16)24(4)22-12)18(25)21-13(2)19(26)23(3)11-14-7-6-8-15(9-14)27-5/h6-10,13H,11H2,1-5H3,(H,21,25)/t13-/m0/s1. The molecule has 7 nitrogen and oxygen atoms in total. The number of nitrogens with one attached hydrogen (secondary N) is 1. The van der Waals surface area contributed by atoms with Crippen LogP contribution in [-0.2, 0) is 18.4 Å². The van der Waals surface area contributed by atoms with E-state index in [0.29, 0.717) is 11.4 Å². The summed E-state index contributed by atoms with van der Waals surface area (Å²) in [5, 5.41) is 8.11. The molecule has 0 saturated heterocycles. The minimum absolute atomic E-state index is 0.157. The lowest BCUT2D eigenvalue weighted by atomic mass is 10.2. The van der Waals surface area contributed by atoms with E-state index in [2.05, 4.69) is 10.4 Å². The first-order valence-corrected chi connectivity index (χ1v) is 9.73. The number of hydrogen-bond donors (Lipinski definition) is 1. The fourth-order valence-electron chi connectivity index (χ4n) is 3.10. The van der Waals surface area contributed by atoms with E-state index < -0.39 is 6.04 Å². The van der Waals surface area contributed by atoms with Crippen LogP contribution in [0.15, 0.2) is 30.3 Å². The van der Waals surface area contributed by atoms with E-state index in [1.165, 1.54) is 11.3 Å². The van der Waals surface area contributed by atoms with Gasteiger partial charge in [-0.1, -0.05) is 12.1 Å². The van der Waals surface area contributed by atoms with Gasteiger partial charge >= 0.3 is 0 Å². The van der Waals surface area contributed by atoms with Crippen LogP contribution in [0, 0.1) is 6.92 Å². The average Bonchev–Trinajstić information content (AvgIpc) is 3.22. The lowest BCUT2D eigenvalue weighted by molar-refractivity contribution is -0.132. The summed E-state index contributed by atoms with van der Waals surface area (Å²) in [6.07, 6.45) is 0. The molecule has 0 aliphatic rings. The maximum absolute atomic E-state index is 12.7. The number of thiophene rings is 1. The molecule has 1 aromatic carbocycles. The summed E-state index contributed by atoms with van der Waals surface area (Å²) in [4.78, 5) is 28.4. The molecule has 0 unspecified atom stereocenters. The molecule has 0 aliphatic carbocycles. The maximum atomic E-state index is 12.7. The van der Waals surface area contributed by atoms with Gasteiger partial charge in [0.15, 0.2) is 0 Å². The number of fused-ring (bicyclic) bond motifs is 1. The third kappa shape index (κ3) is 4.01. The molecule has 1 N–H and O–H groups in total. The number of hydrogen-bond acceptors (Lipinski definition) is 5. The first kappa shape index (κ1) is 19.9. The third-order valence-electron chi connectivity index (χ3n) is 4.57. The van der Waals surface area contributed by atoms with E-state index in [1.54, 1.807) is 30.7 Å². The first-order chi connectivity index (χ1) is 13.3. The van der Waals surface area contributed by atoms with Crippen molar-refractivity contribution in [2.24, 2.45) is 7.05 Å². The molecule has 3 aromatic rings. The van der Waals surface area contributed by atoms with Crippen molar-refractivity contribution >= 4 is 33.4 Å². The molecule has 0 radical (unpaired) electrons. The highest BCUT2D eigenvalue weighted by molar-refractivity contribution is 7.20. The molecule has 3 rings (SSSR count). The normalized spacial score (nSPS) is 12.0. The second-order valence-corrected chi connectivity index (χ2v) is 7.81. The Hall–Kier alpha value is -2.87. The molecule has 0 fully saturated rings. The number of likely N-dealkylation sites (N-methyl/N-ethyl adjacent to an activating group) is 1. The zero-order chi connectivity index (χ0) is 20.4. The molecule has 8 heteroatoms. The van der Waals surface area contributed by atoms with Crippen LogP contribution >= 0.6 is 11.3 Å². The first-order valence-electron chi connectivity index (χ1n) is 8.92. The van der Waals surface area contributed by atoms with Crippen molar-refractivity contribution in [2.75, 3.05) is 14.2 Å².